The molecule has 0 saturated carbocycles. The minimum Gasteiger partial charge on any atom is -0.507 e. The lowest BCUT2D eigenvalue weighted by molar-refractivity contribution is -0.132. The number of nitrogens with zero attached hydrogens (tertiary/aromatic N) is 2. The van der Waals surface area contributed by atoms with Crippen LogP contribution in [0, 0.1) is 11.6 Å². The Morgan fingerprint density at radius 2 is 1.55 bits per heavy atom. The first-order chi connectivity index (χ1) is 18.3. The lowest BCUT2D eigenvalue weighted by Gasteiger charge is -2.27. The van der Waals surface area contributed by atoms with Crippen molar-refractivity contribution in [2.45, 2.75) is 19.9 Å². The summed E-state index contributed by atoms with van der Waals surface area (Å²) < 4.78 is 29.1. The van der Waals surface area contributed by atoms with E-state index in [4.69, 9.17) is 0 Å². The summed E-state index contributed by atoms with van der Waals surface area (Å²) >= 11 is 0. The van der Waals surface area contributed by atoms with E-state index < -0.39 is 29.4 Å². The molecule has 1 saturated heterocycles. The van der Waals surface area contributed by atoms with Crippen LogP contribution in [0.3, 0.4) is 0 Å². The highest BCUT2D eigenvalue weighted by molar-refractivity contribution is 6.51. The Balaban J connectivity index is 1.71. The predicted molar refractivity (Wildman–Crippen MR) is 145 cm³/mol. The van der Waals surface area contributed by atoms with E-state index in [2.05, 4.69) is 4.90 Å². The first-order valence-corrected chi connectivity index (χ1v) is 12.4. The number of ketones is 1. The predicted octanol–water partition coefficient (Wildman–Crippen LogP) is 6.59. The third-order valence-electron chi connectivity index (χ3n) is 6.97. The first kappa shape index (κ1) is 25.1. The number of benzene rings is 4. The number of amides is 1. The van der Waals surface area contributed by atoms with E-state index >= 15 is 0 Å². The number of aliphatic hydroxyl groups is 1. The van der Waals surface area contributed by atoms with Crippen LogP contribution in [0.15, 0.2) is 90.5 Å². The van der Waals surface area contributed by atoms with Gasteiger partial charge in [0.15, 0.2) is 0 Å². The topological polar surface area (TPSA) is 60.9 Å². The van der Waals surface area contributed by atoms with Crippen LogP contribution in [-0.2, 0) is 9.59 Å². The van der Waals surface area contributed by atoms with Crippen LogP contribution in [0.4, 0.5) is 20.2 Å². The molecule has 7 heteroatoms. The number of carbonyl (C=O) groups excluding carboxylic acids is 2. The van der Waals surface area contributed by atoms with Crippen molar-refractivity contribution >= 4 is 39.6 Å². The number of fused-ring (bicyclic) bond motifs is 1. The van der Waals surface area contributed by atoms with Gasteiger partial charge in [-0.1, -0.05) is 48.5 Å². The van der Waals surface area contributed by atoms with E-state index in [0.29, 0.717) is 11.1 Å². The van der Waals surface area contributed by atoms with Gasteiger partial charge in [-0.05, 0) is 60.5 Å². The van der Waals surface area contributed by atoms with Gasteiger partial charge in [0.2, 0.25) is 0 Å². The fourth-order valence-electron chi connectivity index (χ4n) is 5.02. The molecule has 0 bridgehead atoms. The molecule has 5 nitrogen and oxygen atoms in total. The number of hydrogen-bond donors (Lipinski definition) is 1. The van der Waals surface area contributed by atoms with Crippen molar-refractivity contribution in [3.63, 3.8) is 0 Å². The smallest absolute Gasteiger partial charge is 0.300 e. The highest BCUT2D eigenvalue weighted by Gasteiger charge is 2.47. The number of halogens is 2. The van der Waals surface area contributed by atoms with Crippen LogP contribution in [0.25, 0.3) is 16.5 Å². The van der Waals surface area contributed by atoms with Crippen molar-refractivity contribution in [1.29, 1.82) is 0 Å². The molecule has 1 aliphatic heterocycles. The Morgan fingerprint density at radius 3 is 2.24 bits per heavy atom. The fraction of sp³-hybridized carbons (Fsp3) is 0.161. The second-order valence-corrected chi connectivity index (χ2v) is 9.09. The molecule has 192 valence electrons. The molecule has 1 unspecified atom stereocenters. The summed E-state index contributed by atoms with van der Waals surface area (Å²) in [6.45, 7) is 5.63. The quantitative estimate of drug-likeness (QED) is 0.180. The molecule has 4 aromatic rings. The molecule has 1 N–H and O–H groups in total. The first-order valence-electron chi connectivity index (χ1n) is 12.4. The molecule has 1 atom stereocenters. The van der Waals surface area contributed by atoms with Crippen molar-refractivity contribution in [3.8, 4) is 0 Å². The summed E-state index contributed by atoms with van der Waals surface area (Å²) in [5.74, 6) is -4.02. The average molecular weight is 513 g/mol. The molecule has 0 aromatic heterocycles. The Kier molecular flexibility index (Phi) is 6.68. The molecule has 5 rings (SSSR count). The zero-order valence-electron chi connectivity index (χ0n) is 21.0. The van der Waals surface area contributed by atoms with Gasteiger partial charge in [0.1, 0.15) is 17.4 Å². The SMILES string of the molecule is CCN(CC)c1ccc(C2/C(=C(/O)c3ccc4ccccc4c3)C(=O)C(=O)N2c2cc(F)ccc2F)cc1. The van der Waals surface area contributed by atoms with Crippen LogP contribution in [0.2, 0.25) is 0 Å². The molecule has 38 heavy (non-hydrogen) atoms. The molecule has 1 fully saturated rings. The van der Waals surface area contributed by atoms with E-state index in [9.17, 15) is 23.5 Å². The molecular formula is C31H26F2N2O3. The number of carbonyl (C=O) groups is 2. The summed E-state index contributed by atoms with van der Waals surface area (Å²) in [4.78, 5) is 29.8. The maximum atomic E-state index is 14.9. The molecule has 0 aliphatic carbocycles. The van der Waals surface area contributed by atoms with E-state index in [-0.39, 0.29) is 17.0 Å². The monoisotopic (exact) mass is 512 g/mol. The van der Waals surface area contributed by atoms with Crippen LogP contribution >= 0.6 is 0 Å². The van der Waals surface area contributed by atoms with E-state index in [1.54, 1.807) is 30.3 Å². The average Bonchev–Trinajstić information content (AvgIpc) is 3.20. The van der Waals surface area contributed by atoms with Crippen molar-refractivity contribution in [1.82, 2.24) is 0 Å². The van der Waals surface area contributed by atoms with Crippen molar-refractivity contribution in [2.24, 2.45) is 0 Å². The Hall–Kier alpha value is -4.52. The van der Waals surface area contributed by atoms with Crippen LogP contribution in [-0.4, -0.2) is 29.9 Å². The van der Waals surface area contributed by atoms with Gasteiger partial charge in [-0.25, -0.2) is 8.78 Å². The van der Waals surface area contributed by atoms with E-state index in [1.165, 1.54) is 0 Å². The third-order valence-corrected chi connectivity index (χ3v) is 6.97. The van der Waals surface area contributed by atoms with Crippen molar-refractivity contribution < 1.29 is 23.5 Å². The van der Waals surface area contributed by atoms with Gasteiger partial charge < -0.3 is 10.0 Å². The number of Topliss-reactive ketones (excluding diaryl/α,β-unsaturated/α-hetero) is 1. The second-order valence-electron chi connectivity index (χ2n) is 9.09. The normalized spacial score (nSPS) is 16.8. The summed E-state index contributed by atoms with van der Waals surface area (Å²) in [6, 6.07) is 21.5. The Labute approximate surface area is 219 Å². The standard InChI is InChI=1S/C31H26F2N2O3/c1-3-34(4-2)24-14-11-20(12-15-24)28-27(29(36)22-10-9-19-7-5-6-8-21(19)17-22)30(37)31(38)35(28)26-18-23(32)13-16-25(26)33/h5-18,28,36H,3-4H2,1-2H3/b29-27-. The largest absolute Gasteiger partial charge is 0.507 e. The second kappa shape index (κ2) is 10.1. The lowest BCUT2D eigenvalue weighted by atomic mass is 9.94. The summed E-state index contributed by atoms with van der Waals surface area (Å²) in [7, 11) is 0. The Morgan fingerprint density at radius 1 is 0.868 bits per heavy atom. The van der Waals surface area contributed by atoms with Gasteiger partial charge in [-0.3, -0.25) is 14.5 Å². The highest BCUT2D eigenvalue weighted by atomic mass is 19.1. The maximum absolute atomic E-state index is 14.9. The van der Waals surface area contributed by atoms with Crippen LogP contribution in [0.1, 0.15) is 31.0 Å². The molecule has 1 aliphatic rings. The molecule has 0 radical (unpaired) electrons. The molecule has 0 spiro atoms. The number of rotatable bonds is 6. The summed E-state index contributed by atoms with van der Waals surface area (Å²) in [5.41, 5.74) is 1.19. The number of anilines is 2. The summed E-state index contributed by atoms with van der Waals surface area (Å²) in [6.07, 6.45) is 0. The van der Waals surface area contributed by atoms with E-state index in [1.807, 2.05) is 50.2 Å². The third kappa shape index (κ3) is 4.30. The number of hydrogen-bond acceptors (Lipinski definition) is 4. The highest BCUT2D eigenvalue weighted by Crippen LogP contribution is 2.43. The lowest BCUT2D eigenvalue weighted by Crippen LogP contribution is -2.30. The zero-order chi connectivity index (χ0) is 27.0. The van der Waals surface area contributed by atoms with Crippen LogP contribution < -0.4 is 9.80 Å². The fourth-order valence-corrected chi connectivity index (χ4v) is 5.02. The number of aliphatic hydroxyl groups excluding tert-OH is 1. The van der Waals surface area contributed by atoms with Gasteiger partial charge >= 0.3 is 0 Å². The van der Waals surface area contributed by atoms with Gasteiger partial charge in [0, 0.05) is 30.4 Å². The Bertz CT molecular complexity index is 1580. The zero-order valence-corrected chi connectivity index (χ0v) is 21.0. The molecule has 1 amide bonds. The molecule has 1 heterocycles. The summed E-state index contributed by atoms with van der Waals surface area (Å²) in [5, 5.41) is 13.2. The van der Waals surface area contributed by atoms with Crippen molar-refractivity contribution in [2.75, 3.05) is 22.9 Å². The van der Waals surface area contributed by atoms with Crippen LogP contribution in [0.5, 0.6) is 0 Å². The van der Waals surface area contributed by atoms with Gasteiger partial charge in [0.25, 0.3) is 11.7 Å². The maximum Gasteiger partial charge on any atom is 0.300 e. The minimum atomic E-state index is -1.16. The van der Waals surface area contributed by atoms with Gasteiger partial charge in [0.05, 0.1) is 17.3 Å². The molecular weight excluding hydrogens is 486 g/mol. The van der Waals surface area contributed by atoms with Crippen molar-refractivity contribution in [3.05, 3.63) is 113 Å². The minimum absolute atomic E-state index is 0.190. The molecule has 4 aromatic carbocycles. The van der Waals surface area contributed by atoms with Gasteiger partial charge in [-0.15, -0.1) is 0 Å². The van der Waals surface area contributed by atoms with Gasteiger partial charge in [-0.2, -0.15) is 0 Å². The van der Waals surface area contributed by atoms with E-state index in [0.717, 1.165) is 52.6 Å².